The molecule has 3 rings (SSSR count). The van der Waals surface area contributed by atoms with Gasteiger partial charge in [0.2, 0.25) is 5.91 Å². The van der Waals surface area contributed by atoms with Crippen LogP contribution in [0.15, 0.2) is 24.3 Å². The van der Waals surface area contributed by atoms with Gasteiger partial charge in [-0.25, -0.2) is 9.18 Å². The fourth-order valence-corrected chi connectivity index (χ4v) is 3.39. The molecule has 8 heteroatoms. The molecule has 0 aliphatic carbocycles. The summed E-state index contributed by atoms with van der Waals surface area (Å²) in [5.41, 5.74) is 0.291. The third-order valence-electron chi connectivity index (χ3n) is 4.80. The zero-order valence-corrected chi connectivity index (χ0v) is 14.5. The SMILES string of the molecule is N#C[C@@H]1CCCN1C(=O)CNCCN1CCN(c2ccccc2F)C1=O. The fourth-order valence-electron chi connectivity index (χ4n) is 3.39. The topological polar surface area (TPSA) is 79.7 Å². The van der Waals surface area contributed by atoms with Gasteiger partial charge in [0, 0.05) is 32.7 Å². The van der Waals surface area contributed by atoms with Gasteiger partial charge in [-0.1, -0.05) is 12.1 Å². The van der Waals surface area contributed by atoms with Crippen LogP contribution in [0.25, 0.3) is 0 Å². The maximum Gasteiger partial charge on any atom is 0.324 e. The van der Waals surface area contributed by atoms with Crippen LogP contribution in [0.4, 0.5) is 14.9 Å². The Hall–Kier alpha value is -2.66. The number of halogens is 1. The van der Waals surface area contributed by atoms with Crippen molar-refractivity contribution in [3.8, 4) is 6.07 Å². The molecule has 2 heterocycles. The maximum atomic E-state index is 13.9. The molecule has 2 aliphatic heterocycles. The number of para-hydroxylation sites is 1. The van der Waals surface area contributed by atoms with Crippen molar-refractivity contribution >= 4 is 17.6 Å². The summed E-state index contributed by atoms with van der Waals surface area (Å²) in [4.78, 5) is 29.2. The minimum atomic E-state index is -0.413. The van der Waals surface area contributed by atoms with Gasteiger partial charge in [0.05, 0.1) is 18.3 Å². The fraction of sp³-hybridized carbons (Fsp3) is 0.500. The molecule has 26 heavy (non-hydrogen) atoms. The molecule has 1 atom stereocenters. The first-order valence-electron chi connectivity index (χ1n) is 8.82. The third kappa shape index (κ3) is 3.78. The molecule has 2 aliphatic rings. The maximum absolute atomic E-state index is 13.9. The molecule has 0 radical (unpaired) electrons. The van der Waals surface area contributed by atoms with Gasteiger partial charge in [0.1, 0.15) is 11.9 Å². The van der Waals surface area contributed by atoms with Crippen molar-refractivity contribution in [2.75, 3.05) is 44.2 Å². The zero-order chi connectivity index (χ0) is 18.5. The highest BCUT2D eigenvalue weighted by Crippen LogP contribution is 2.23. The van der Waals surface area contributed by atoms with Gasteiger partial charge in [-0.2, -0.15) is 5.26 Å². The summed E-state index contributed by atoms with van der Waals surface area (Å²) in [5, 5.41) is 12.1. The first-order valence-corrected chi connectivity index (χ1v) is 8.82. The second-order valence-electron chi connectivity index (χ2n) is 6.42. The molecule has 2 saturated heterocycles. The largest absolute Gasteiger partial charge is 0.326 e. The van der Waals surface area contributed by atoms with Crippen molar-refractivity contribution in [2.45, 2.75) is 18.9 Å². The molecule has 7 nitrogen and oxygen atoms in total. The van der Waals surface area contributed by atoms with E-state index in [0.717, 1.165) is 12.8 Å². The summed E-state index contributed by atoms with van der Waals surface area (Å²) in [6.07, 6.45) is 1.59. The minimum absolute atomic E-state index is 0.0882. The normalized spacial score (nSPS) is 19.9. The summed E-state index contributed by atoms with van der Waals surface area (Å²) >= 11 is 0. The molecule has 0 aromatic heterocycles. The van der Waals surface area contributed by atoms with Crippen LogP contribution in [-0.2, 0) is 4.79 Å². The predicted molar refractivity (Wildman–Crippen MR) is 93.9 cm³/mol. The summed E-state index contributed by atoms with van der Waals surface area (Å²) in [6, 6.07) is 7.83. The lowest BCUT2D eigenvalue weighted by atomic mass is 10.2. The number of nitrogens with one attached hydrogen (secondary N) is 1. The Balaban J connectivity index is 1.43. The Morgan fingerprint density at radius 1 is 1.31 bits per heavy atom. The number of hydrogen-bond acceptors (Lipinski definition) is 4. The van der Waals surface area contributed by atoms with Crippen LogP contribution < -0.4 is 10.2 Å². The number of likely N-dealkylation sites (tertiary alicyclic amines) is 1. The Morgan fingerprint density at radius 2 is 2.12 bits per heavy atom. The van der Waals surface area contributed by atoms with Crippen molar-refractivity contribution in [1.29, 1.82) is 5.26 Å². The molecular formula is C18H22FN5O2. The zero-order valence-electron chi connectivity index (χ0n) is 14.5. The van der Waals surface area contributed by atoms with Gasteiger partial charge < -0.3 is 15.1 Å². The number of carbonyl (C=O) groups is 2. The first-order chi connectivity index (χ1) is 12.6. The quantitative estimate of drug-likeness (QED) is 0.774. The molecule has 3 amide bonds. The third-order valence-corrected chi connectivity index (χ3v) is 4.80. The van der Waals surface area contributed by atoms with E-state index in [2.05, 4.69) is 11.4 Å². The van der Waals surface area contributed by atoms with E-state index in [1.807, 2.05) is 0 Å². The first kappa shape index (κ1) is 18.1. The van der Waals surface area contributed by atoms with E-state index in [4.69, 9.17) is 5.26 Å². The van der Waals surface area contributed by atoms with Crippen LogP contribution in [0, 0.1) is 17.1 Å². The summed E-state index contributed by atoms with van der Waals surface area (Å²) in [7, 11) is 0. The summed E-state index contributed by atoms with van der Waals surface area (Å²) < 4.78 is 13.9. The van der Waals surface area contributed by atoms with Gasteiger partial charge in [0.25, 0.3) is 0 Å². The standard InChI is InChI=1S/C18H22FN5O2/c19-15-5-1-2-6-16(15)24-11-10-22(18(24)26)9-7-21-13-17(25)23-8-3-4-14(23)12-20/h1-2,5-6,14,21H,3-4,7-11,13H2/t14-/m0/s1. The van der Waals surface area contributed by atoms with Crippen molar-refractivity contribution < 1.29 is 14.0 Å². The molecule has 0 bridgehead atoms. The second-order valence-corrected chi connectivity index (χ2v) is 6.42. The van der Waals surface area contributed by atoms with Crippen LogP contribution in [0.5, 0.6) is 0 Å². The van der Waals surface area contributed by atoms with E-state index in [-0.39, 0.29) is 24.5 Å². The molecule has 0 saturated carbocycles. The molecule has 2 fully saturated rings. The number of nitriles is 1. The number of urea groups is 1. The highest BCUT2D eigenvalue weighted by molar-refractivity contribution is 5.94. The van der Waals surface area contributed by atoms with E-state index < -0.39 is 5.82 Å². The number of benzene rings is 1. The second kappa shape index (κ2) is 8.15. The Morgan fingerprint density at radius 3 is 2.88 bits per heavy atom. The van der Waals surface area contributed by atoms with Crippen molar-refractivity contribution in [3.63, 3.8) is 0 Å². The smallest absolute Gasteiger partial charge is 0.324 e. The van der Waals surface area contributed by atoms with E-state index in [9.17, 15) is 14.0 Å². The lowest BCUT2D eigenvalue weighted by molar-refractivity contribution is -0.130. The van der Waals surface area contributed by atoms with E-state index >= 15 is 0 Å². The molecule has 1 aromatic rings. The van der Waals surface area contributed by atoms with Gasteiger partial charge in [-0.15, -0.1) is 0 Å². The number of carbonyl (C=O) groups excluding carboxylic acids is 2. The van der Waals surface area contributed by atoms with Crippen molar-refractivity contribution in [2.24, 2.45) is 0 Å². The molecule has 0 unspecified atom stereocenters. The van der Waals surface area contributed by atoms with Crippen LogP contribution in [-0.4, -0.2) is 67.0 Å². The molecule has 1 aromatic carbocycles. The van der Waals surface area contributed by atoms with Gasteiger partial charge in [-0.05, 0) is 25.0 Å². The Labute approximate surface area is 152 Å². The Kier molecular flexibility index (Phi) is 5.68. The molecule has 1 N–H and O–H groups in total. The van der Waals surface area contributed by atoms with Crippen LogP contribution >= 0.6 is 0 Å². The van der Waals surface area contributed by atoms with Gasteiger partial charge in [0.15, 0.2) is 0 Å². The van der Waals surface area contributed by atoms with E-state index in [1.165, 1.54) is 11.0 Å². The van der Waals surface area contributed by atoms with Crippen LogP contribution in [0.3, 0.4) is 0 Å². The van der Waals surface area contributed by atoms with Gasteiger partial charge in [-0.3, -0.25) is 9.69 Å². The number of nitrogens with zero attached hydrogens (tertiary/aromatic N) is 4. The highest BCUT2D eigenvalue weighted by atomic mass is 19.1. The molecular weight excluding hydrogens is 337 g/mol. The average Bonchev–Trinajstić information content (AvgIpc) is 3.26. The summed E-state index contributed by atoms with van der Waals surface area (Å²) in [5.74, 6) is -0.501. The van der Waals surface area contributed by atoms with E-state index in [0.29, 0.717) is 38.4 Å². The van der Waals surface area contributed by atoms with Crippen LogP contribution in [0.1, 0.15) is 12.8 Å². The van der Waals surface area contributed by atoms with Crippen molar-refractivity contribution in [1.82, 2.24) is 15.1 Å². The molecule has 138 valence electrons. The Bertz CT molecular complexity index is 720. The lowest BCUT2D eigenvalue weighted by Crippen LogP contribution is -2.43. The monoisotopic (exact) mass is 359 g/mol. The number of hydrogen-bond donors (Lipinski definition) is 1. The number of rotatable bonds is 6. The van der Waals surface area contributed by atoms with Crippen LogP contribution in [0.2, 0.25) is 0 Å². The highest BCUT2D eigenvalue weighted by Gasteiger charge is 2.31. The van der Waals surface area contributed by atoms with Crippen molar-refractivity contribution in [3.05, 3.63) is 30.1 Å². The number of amides is 3. The minimum Gasteiger partial charge on any atom is -0.326 e. The predicted octanol–water partition coefficient (Wildman–Crippen LogP) is 1.17. The average molecular weight is 359 g/mol. The lowest BCUT2D eigenvalue weighted by Gasteiger charge is -2.21. The van der Waals surface area contributed by atoms with E-state index in [1.54, 1.807) is 28.0 Å². The summed E-state index contributed by atoms with van der Waals surface area (Å²) in [6.45, 7) is 2.65. The number of anilines is 1. The van der Waals surface area contributed by atoms with Gasteiger partial charge >= 0.3 is 6.03 Å². The molecule has 0 spiro atoms.